The van der Waals surface area contributed by atoms with Crippen molar-refractivity contribution in [3.63, 3.8) is 0 Å². The number of benzene rings is 1. The molecular formula is C15H19ClN2. The van der Waals surface area contributed by atoms with Gasteiger partial charge in [-0.15, -0.1) is 12.4 Å². The molecule has 0 spiro atoms. The van der Waals surface area contributed by atoms with Crippen LogP contribution in [0.2, 0.25) is 0 Å². The van der Waals surface area contributed by atoms with Crippen LogP contribution in [0.15, 0.2) is 30.5 Å². The zero-order valence-corrected chi connectivity index (χ0v) is 11.5. The van der Waals surface area contributed by atoms with E-state index < -0.39 is 0 Å². The van der Waals surface area contributed by atoms with E-state index >= 15 is 0 Å². The lowest BCUT2D eigenvalue weighted by atomic mass is 10.1. The Kier molecular flexibility index (Phi) is 4.07. The molecule has 96 valence electrons. The fourth-order valence-electron chi connectivity index (χ4n) is 2.55. The Balaban J connectivity index is 0.00000120. The Morgan fingerprint density at radius 1 is 1.06 bits per heavy atom. The van der Waals surface area contributed by atoms with Crippen molar-refractivity contribution in [3.05, 3.63) is 41.9 Å². The molecule has 2 nitrogen and oxygen atoms in total. The smallest absolute Gasteiger partial charge is 0.109 e. The lowest BCUT2D eigenvalue weighted by Crippen LogP contribution is -2.02. The molecule has 3 rings (SSSR count). The minimum atomic E-state index is 0. The maximum atomic E-state index is 4.58. The Labute approximate surface area is 114 Å². The zero-order chi connectivity index (χ0) is 11.7. The third-order valence-corrected chi connectivity index (χ3v) is 3.57. The highest BCUT2D eigenvalue weighted by atomic mass is 35.5. The Morgan fingerprint density at radius 2 is 1.83 bits per heavy atom. The zero-order valence-electron chi connectivity index (χ0n) is 10.7. The normalized spacial score (nSPS) is 14.5. The molecule has 0 N–H and O–H groups in total. The standard InChI is InChI=1S/C15H18N2.ClH/c1-12-6-8-13(9-7-12)14-11-16-15-5-3-2-4-10-17(14)15;/h6-9,11H,2-5,10H2,1H3;1H. The van der Waals surface area contributed by atoms with Crippen LogP contribution in [-0.4, -0.2) is 9.55 Å². The number of hydrogen-bond acceptors (Lipinski definition) is 1. The van der Waals surface area contributed by atoms with E-state index in [-0.39, 0.29) is 12.4 Å². The Morgan fingerprint density at radius 3 is 2.61 bits per heavy atom. The highest BCUT2D eigenvalue weighted by Crippen LogP contribution is 2.24. The number of fused-ring (bicyclic) bond motifs is 1. The molecule has 0 fully saturated rings. The van der Waals surface area contributed by atoms with E-state index in [0.29, 0.717) is 0 Å². The van der Waals surface area contributed by atoms with E-state index in [4.69, 9.17) is 0 Å². The molecule has 1 aromatic heterocycles. The van der Waals surface area contributed by atoms with Gasteiger partial charge in [-0.1, -0.05) is 36.2 Å². The monoisotopic (exact) mass is 262 g/mol. The van der Waals surface area contributed by atoms with Crippen molar-refractivity contribution in [1.29, 1.82) is 0 Å². The second-order valence-electron chi connectivity index (χ2n) is 4.89. The summed E-state index contributed by atoms with van der Waals surface area (Å²) in [6.45, 7) is 3.25. The van der Waals surface area contributed by atoms with E-state index in [0.717, 1.165) is 13.0 Å². The summed E-state index contributed by atoms with van der Waals surface area (Å²) in [5, 5.41) is 0. The van der Waals surface area contributed by atoms with Crippen molar-refractivity contribution in [2.75, 3.05) is 0 Å². The summed E-state index contributed by atoms with van der Waals surface area (Å²) in [6, 6.07) is 8.74. The van der Waals surface area contributed by atoms with Gasteiger partial charge in [0.1, 0.15) is 5.82 Å². The van der Waals surface area contributed by atoms with Gasteiger partial charge in [-0.2, -0.15) is 0 Å². The van der Waals surface area contributed by atoms with Gasteiger partial charge in [-0.05, 0) is 25.3 Å². The van der Waals surface area contributed by atoms with Crippen LogP contribution in [0.25, 0.3) is 11.3 Å². The minimum absolute atomic E-state index is 0. The molecule has 0 aliphatic carbocycles. The molecule has 1 aliphatic rings. The number of aryl methyl sites for hydroxylation is 2. The third kappa shape index (κ3) is 2.44. The first-order valence-corrected chi connectivity index (χ1v) is 6.46. The fourth-order valence-corrected chi connectivity index (χ4v) is 2.55. The molecule has 0 amide bonds. The summed E-state index contributed by atoms with van der Waals surface area (Å²) >= 11 is 0. The lowest BCUT2D eigenvalue weighted by molar-refractivity contribution is 0.638. The van der Waals surface area contributed by atoms with Crippen LogP contribution in [-0.2, 0) is 13.0 Å². The number of imidazole rings is 1. The summed E-state index contributed by atoms with van der Waals surface area (Å²) in [5.74, 6) is 1.26. The van der Waals surface area contributed by atoms with Crippen LogP contribution >= 0.6 is 12.4 Å². The maximum Gasteiger partial charge on any atom is 0.109 e. The quantitative estimate of drug-likeness (QED) is 0.759. The van der Waals surface area contributed by atoms with Crippen LogP contribution in [0.3, 0.4) is 0 Å². The van der Waals surface area contributed by atoms with Crippen LogP contribution in [0, 0.1) is 6.92 Å². The average Bonchev–Trinajstić information content (AvgIpc) is 2.60. The van der Waals surface area contributed by atoms with Crippen LogP contribution in [0.4, 0.5) is 0 Å². The summed E-state index contributed by atoms with van der Waals surface area (Å²) in [5.41, 5.74) is 3.88. The van der Waals surface area contributed by atoms with Gasteiger partial charge in [-0.25, -0.2) is 4.98 Å². The predicted molar refractivity (Wildman–Crippen MR) is 77.2 cm³/mol. The minimum Gasteiger partial charge on any atom is -0.328 e. The number of hydrogen-bond donors (Lipinski definition) is 0. The second kappa shape index (κ2) is 5.57. The van der Waals surface area contributed by atoms with Crippen molar-refractivity contribution in [1.82, 2.24) is 9.55 Å². The molecule has 0 radical (unpaired) electrons. The van der Waals surface area contributed by atoms with Crippen molar-refractivity contribution >= 4 is 12.4 Å². The van der Waals surface area contributed by atoms with Gasteiger partial charge < -0.3 is 4.57 Å². The van der Waals surface area contributed by atoms with Gasteiger partial charge in [-0.3, -0.25) is 0 Å². The van der Waals surface area contributed by atoms with E-state index in [2.05, 4.69) is 40.7 Å². The summed E-state index contributed by atoms with van der Waals surface area (Å²) in [4.78, 5) is 4.58. The van der Waals surface area contributed by atoms with Gasteiger partial charge in [0.05, 0.1) is 11.9 Å². The Bertz CT molecular complexity index is 514. The predicted octanol–water partition coefficient (Wildman–Crippen LogP) is 4.01. The number of aromatic nitrogens is 2. The molecule has 0 bridgehead atoms. The molecule has 3 heteroatoms. The van der Waals surface area contributed by atoms with Gasteiger partial charge >= 0.3 is 0 Å². The van der Waals surface area contributed by atoms with Gasteiger partial charge in [0.25, 0.3) is 0 Å². The van der Waals surface area contributed by atoms with Crippen molar-refractivity contribution < 1.29 is 0 Å². The number of nitrogens with zero attached hydrogens (tertiary/aromatic N) is 2. The molecule has 0 atom stereocenters. The molecular weight excluding hydrogens is 244 g/mol. The van der Waals surface area contributed by atoms with Crippen molar-refractivity contribution in [2.45, 2.75) is 39.2 Å². The van der Waals surface area contributed by atoms with Crippen LogP contribution < -0.4 is 0 Å². The maximum absolute atomic E-state index is 4.58. The highest BCUT2D eigenvalue weighted by Gasteiger charge is 2.13. The van der Waals surface area contributed by atoms with Gasteiger partial charge in [0.2, 0.25) is 0 Å². The summed E-state index contributed by atoms with van der Waals surface area (Å²) in [7, 11) is 0. The van der Waals surface area contributed by atoms with Gasteiger partial charge in [0.15, 0.2) is 0 Å². The van der Waals surface area contributed by atoms with E-state index in [1.165, 1.54) is 41.9 Å². The fraction of sp³-hybridized carbons (Fsp3) is 0.400. The summed E-state index contributed by atoms with van der Waals surface area (Å²) < 4.78 is 2.40. The van der Waals surface area contributed by atoms with Crippen LogP contribution in [0.5, 0.6) is 0 Å². The van der Waals surface area contributed by atoms with Gasteiger partial charge in [0, 0.05) is 13.0 Å². The third-order valence-electron chi connectivity index (χ3n) is 3.57. The molecule has 0 saturated carbocycles. The number of halogens is 1. The molecule has 0 unspecified atom stereocenters. The Hall–Kier alpha value is -1.28. The average molecular weight is 263 g/mol. The van der Waals surface area contributed by atoms with Crippen molar-refractivity contribution in [2.24, 2.45) is 0 Å². The first-order chi connectivity index (χ1) is 8.34. The van der Waals surface area contributed by atoms with E-state index in [1.54, 1.807) is 0 Å². The number of rotatable bonds is 1. The molecule has 2 heterocycles. The SMILES string of the molecule is Cc1ccc(-c2cnc3n2CCCCC3)cc1.Cl. The van der Waals surface area contributed by atoms with E-state index in [9.17, 15) is 0 Å². The molecule has 0 saturated heterocycles. The molecule has 1 aliphatic heterocycles. The van der Waals surface area contributed by atoms with Crippen LogP contribution in [0.1, 0.15) is 30.7 Å². The largest absolute Gasteiger partial charge is 0.328 e. The highest BCUT2D eigenvalue weighted by molar-refractivity contribution is 5.85. The van der Waals surface area contributed by atoms with E-state index in [1.807, 2.05) is 6.20 Å². The summed E-state index contributed by atoms with van der Waals surface area (Å²) in [6.07, 6.45) is 7.06. The molecule has 2 aromatic rings. The molecule has 18 heavy (non-hydrogen) atoms. The van der Waals surface area contributed by atoms with Crippen molar-refractivity contribution in [3.8, 4) is 11.3 Å². The first-order valence-electron chi connectivity index (χ1n) is 6.46. The first kappa shape index (κ1) is 13.2. The topological polar surface area (TPSA) is 17.8 Å². The molecule has 1 aromatic carbocycles. The lowest BCUT2D eigenvalue weighted by Gasteiger charge is -2.09. The second-order valence-corrected chi connectivity index (χ2v) is 4.89.